The first-order valence-electron chi connectivity index (χ1n) is 6.72. The predicted octanol–water partition coefficient (Wildman–Crippen LogP) is 3.08. The summed E-state index contributed by atoms with van der Waals surface area (Å²) in [7, 11) is 0.827. The molecule has 0 saturated carbocycles. The minimum Gasteiger partial charge on any atom is -0.491 e. The van der Waals surface area contributed by atoms with Gasteiger partial charge in [0.2, 0.25) is 11.6 Å². The highest BCUT2D eigenvalue weighted by Crippen LogP contribution is 2.29. The van der Waals surface area contributed by atoms with E-state index in [1.807, 2.05) is 5.32 Å². The van der Waals surface area contributed by atoms with Gasteiger partial charge in [0.25, 0.3) is 5.91 Å². The van der Waals surface area contributed by atoms with Crippen molar-refractivity contribution in [3.8, 4) is 5.75 Å². The second-order valence-electron chi connectivity index (χ2n) is 4.74. The first-order valence-corrected chi connectivity index (χ1v) is 7.13. The van der Waals surface area contributed by atoms with E-state index in [1.165, 1.54) is 6.07 Å². The molecule has 2 N–H and O–H groups in total. The van der Waals surface area contributed by atoms with Gasteiger partial charge in [-0.15, -0.1) is 0 Å². The van der Waals surface area contributed by atoms with Crippen molar-refractivity contribution in [1.82, 2.24) is 10.3 Å². The van der Waals surface area contributed by atoms with Gasteiger partial charge in [-0.3, -0.25) is 10.1 Å². The third-order valence-electron chi connectivity index (χ3n) is 3.01. The summed E-state index contributed by atoms with van der Waals surface area (Å²) in [6.45, 7) is 1.71. The second kappa shape index (κ2) is 7.43. The Labute approximate surface area is 145 Å². The number of methoxy groups -OCH3 is 1. The van der Waals surface area contributed by atoms with Gasteiger partial charge in [0.05, 0.1) is 7.11 Å². The van der Waals surface area contributed by atoms with Crippen molar-refractivity contribution in [3.05, 3.63) is 52.7 Å². The van der Waals surface area contributed by atoms with Gasteiger partial charge in [-0.05, 0) is 31.3 Å². The smallest absolute Gasteiger partial charge is 0.263 e. The van der Waals surface area contributed by atoms with Gasteiger partial charge in [0.1, 0.15) is 11.4 Å². The Bertz CT molecular complexity index is 832. The number of ether oxygens (including phenoxy) is 1. The summed E-state index contributed by atoms with van der Waals surface area (Å²) in [4.78, 5) is 16.0. The van der Waals surface area contributed by atoms with E-state index in [0.717, 1.165) is 7.11 Å². The molecule has 0 atom stereocenters. The zero-order valence-corrected chi connectivity index (χ0v) is 13.7. The van der Waals surface area contributed by atoms with Crippen LogP contribution in [0.15, 0.2) is 18.2 Å². The van der Waals surface area contributed by atoms with E-state index in [-0.39, 0.29) is 10.9 Å². The van der Waals surface area contributed by atoms with Crippen molar-refractivity contribution < 1.29 is 27.1 Å². The van der Waals surface area contributed by atoms with E-state index in [4.69, 9.17) is 12.2 Å². The van der Waals surface area contributed by atoms with E-state index in [1.54, 1.807) is 19.1 Å². The Balaban J connectivity index is 2.25. The number of nitrogens with zero attached hydrogens (tertiary/aromatic N) is 1. The number of aromatic nitrogens is 1. The van der Waals surface area contributed by atoms with Crippen molar-refractivity contribution in [2.75, 3.05) is 12.4 Å². The number of carbonyl (C=O) groups is 1. The van der Waals surface area contributed by atoms with Gasteiger partial charge in [-0.2, -0.15) is 8.78 Å². The molecule has 2 rings (SSSR count). The van der Waals surface area contributed by atoms with Crippen LogP contribution in [0.3, 0.4) is 0 Å². The number of thiocarbonyl (C=S) groups is 1. The van der Waals surface area contributed by atoms with Crippen LogP contribution in [0.25, 0.3) is 0 Å². The van der Waals surface area contributed by atoms with Crippen LogP contribution in [0.5, 0.6) is 5.75 Å². The maximum Gasteiger partial charge on any atom is 0.263 e. The van der Waals surface area contributed by atoms with Gasteiger partial charge < -0.3 is 10.1 Å². The fourth-order valence-corrected chi connectivity index (χ4v) is 2.11. The molecule has 0 fully saturated rings. The number of hydrogen-bond donors (Lipinski definition) is 2. The maximum atomic E-state index is 13.9. The number of anilines is 1. The van der Waals surface area contributed by atoms with Crippen LogP contribution in [-0.4, -0.2) is 23.1 Å². The average molecular weight is 373 g/mol. The van der Waals surface area contributed by atoms with E-state index in [0.29, 0.717) is 5.69 Å². The van der Waals surface area contributed by atoms with Crippen LogP contribution in [0.4, 0.5) is 23.4 Å². The lowest BCUT2D eigenvalue weighted by atomic mass is 10.1. The number of pyridine rings is 1. The Kier molecular flexibility index (Phi) is 5.52. The Morgan fingerprint density at radius 1 is 1.12 bits per heavy atom. The highest BCUT2D eigenvalue weighted by Gasteiger charge is 2.30. The molecule has 2 aromatic rings. The zero-order valence-electron chi connectivity index (χ0n) is 12.9. The van der Waals surface area contributed by atoms with Gasteiger partial charge in [-0.25, -0.2) is 13.8 Å². The second-order valence-corrected chi connectivity index (χ2v) is 5.14. The summed E-state index contributed by atoms with van der Waals surface area (Å²) >= 11 is 4.82. The number of nitrogens with one attached hydrogen (secondary N) is 2. The fourth-order valence-electron chi connectivity index (χ4n) is 1.92. The molecule has 0 aliphatic carbocycles. The summed E-state index contributed by atoms with van der Waals surface area (Å²) in [5.41, 5.74) is -0.812. The normalized spacial score (nSPS) is 10.3. The highest BCUT2D eigenvalue weighted by molar-refractivity contribution is 7.80. The lowest BCUT2D eigenvalue weighted by Gasteiger charge is -2.12. The monoisotopic (exact) mass is 373 g/mol. The lowest BCUT2D eigenvalue weighted by molar-refractivity contribution is 0.0966. The number of halogens is 4. The lowest BCUT2D eigenvalue weighted by Crippen LogP contribution is -2.35. The van der Waals surface area contributed by atoms with Crippen molar-refractivity contribution in [3.63, 3.8) is 0 Å². The molecule has 1 aromatic carbocycles. The molecule has 1 amide bonds. The van der Waals surface area contributed by atoms with E-state index >= 15 is 0 Å². The molecule has 0 spiro atoms. The van der Waals surface area contributed by atoms with Crippen molar-refractivity contribution in [2.24, 2.45) is 0 Å². The summed E-state index contributed by atoms with van der Waals surface area (Å²) in [5.74, 6) is -9.93. The zero-order chi connectivity index (χ0) is 18.7. The van der Waals surface area contributed by atoms with Gasteiger partial charge in [-0.1, -0.05) is 6.07 Å². The molecular formula is C15H11F4N3O2S. The first-order chi connectivity index (χ1) is 11.8. The van der Waals surface area contributed by atoms with E-state index < -0.39 is 40.5 Å². The molecule has 0 aliphatic rings. The molecule has 1 aromatic heterocycles. The van der Waals surface area contributed by atoms with Crippen LogP contribution < -0.4 is 15.4 Å². The Hall–Kier alpha value is -2.75. The molecule has 10 heteroatoms. The fraction of sp³-hybridized carbons (Fsp3) is 0.133. The number of aryl methyl sites for hydroxylation is 1. The van der Waals surface area contributed by atoms with Gasteiger partial charge in [0.15, 0.2) is 22.5 Å². The van der Waals surface area contributed by atoms with Crippen molar-refractivity contribution in [1.29, 1.82) is 0 Å². The van der Waals surface area contributed by atoms with Crippen LogP contribution in [0.1, 0.15) is 16.1 Å². The largest absolute Gasteiger partial charge is 0.491 e. The topological polar surface area (TPSA) is 63.2 Å². The molecule has 0 saturated heterocycles. The molecule has 0 unspecified atom stereocenters. The third kappa shape index (κ3) is 3.85. The quantitative estimate of drug-likeness (QED) is 0.492. The standard InChI is InChI=1S/C15H11F4N3O2S/c1-6-4-3-5-7(20-6)21-15(25)22-14(23)8-9(16)11(18)13(24-2)12(19)10(8)17/h3-5H,1-2H3,(H2,20,21,22,23,25). The number of amides is 1. The van der Waals surface area contributed by atoms with E-state index in [2.05, 4.69) is 15.0 Å². The van der Waals surface area contributed by atoms with Crippen molar-refractivity contribution >= 4 is 29.1 Å². The number of hydrogen-bond acceptors (Lipinski definition) is 4. The number of rotatable bonds is 3. The molecule has 0 aliphatic heterocycles. The SMILES string of the molecule is COc1c(F)c(F)c(C(=O)NC(=S)Nc2cccc(C)n2)c(F)c1F. The third-order valence-corrected chi connectivity index (χ3v) is 3.22. The van der Waals surface area contributed by atoms with Gasteiger partial charge >= 0.3 is 0 Å². The van der Waals surface area contributed by atoms with Crippen LogP contribution in [-0.2, 0) is 0 Å². The average Bonchev–Trinajstić information content (AvgIpc) is 2.53. The maximum absolute atomic E-state index is 13.9. The molecule has 132 valence electrons. The molecular weight excluding hydrogens is 362 g/mol. The molecule has 0 radical (unpaired) electrons. The van der Waals surface area contributed by atoms with Crippen LogP contribution >= 0.6 is 12.2 Å². The summed E-state index contributed by atoms with van der Waals surface area (Å²) < 4.78 is 59.3. The summed E-state index contributed by atoms with van der Waals surface area (Å²) in [6.07, 6.45) is 0. The Morgan fingerprint density at radius 3 is 2.24 bits per heavy atom. The highest BCUT2D eigenvalue weighted by atomic mass is 32.1. The number of benzene rings is 1. The molecule has 1 heterocycles. The van der Waals surface area contributed by atoms with Crippen LogP contribution in [0.2, 0.25) is 0 Å². The van der Waals surface area contributed by atoms with Crippen LogP contribution in [0, 0.1) is 30.2 Å². The van der Waals surface area contributed by atoms with Gasteiger partial charge in [0, 0.05) is 5.69 Å². The van der Waals surface area contributed by atoms with Crippen molar-refractivity contribution in [2.45, 2.75) is 6.92 Å². The molecule has 0 bridgehead atoms. The molecule has 5 nitrogen and oxygen atoms in total. The Morgan fingerprint density at radius 2 is 1.72 bits per heavy atom. The van der Waals surface area contributed by atoms with E-state index in [9.17, 15) is 22.4 Å². The minimum absolute atomic E-state index is 0.262. The molecule has 25 heavy (non-hydrogen) atoms. The number of carbonyl (C=O) groups excluding carboxylic acids is 1. The predicted molar refractivity (Wildman–Crippen MR) is 85.5 cm³/mol. The summed E-state index contributed by atoms with van der Waals surface area (Å²) in [5, 5.41) is 4.07. The summed E-state index contributed by atoms with van der Waals surface area (Å²) in [6, 6.07) is 4.89. The first kappa shape index (κ1) is 18.6. The minimum atomic E-state index is -1.90.